The van der Waals surface area contributed by atoms with Gasteiger partial charge < -0.3 is 10.1 Å². The minimum absolute atomic E-state index is 0.0712. The minimum atomic E-state index is -2.96. The Morgan fingerprint density at radius 1 is 1.20 bits per heavy atom. The molecule has 0 aliphatic heterocycles. The van der Waals surface area contributed by atoms with E-state index < -0.39 is 21.5 Å². The fraction of sp³-hybridized carbons (Fsp3) is 0.611. The normalized spacial score (nSPS) is 13.3. The summed E-state index contributed by atoms with van der Waals surface area (Å²) in [5.74, 6) is 0.327. The molecule has 25 heavy (non-hydrogen) atoms. The fourth-order valence-electron chi connectivity index (χ4n) is 2.20. The first kappa shape index (κ1) is 21.4. The zero-order chi connectivity index (χ0) is 19.1. The summed E-state index contributed by atoms with van der Waals surface area (Å²) in [6, 6.07) is 7.44. The van der Waals surface area contributed by atoms with Crippen molar-refractivity contribution in [1.29, 1.82) is 0 Å². The van der Waals surface area contributed by atoms with Crippen LogP contribution in [0.3, 0.4) is 0 Å². The highest BCUT2D eigenvalue weighted by Crippen LogP contribution is 2.13. The Hall–Kier alpha value is -1.60. The zero-order valence-corrected chi connectivity index (χ0v) is 16.6. The lowest BCUT2D eigenvalue weighted by atomic mass is 10.1. The Morgan fingerprint density at radius 3 is 2.32 bits per heavy atom. The van der Waals surface area contributed by atoms with Gasteiger partial charge in [-0.2, -0.15) is 0 Å². The molecule has 1 amide bonds. The summed E-state index contributed by atoms with van der Waals surface area (Å²) in [6.07, 6.45) is 0.302. The summed E-state index contributed by atoms with van der Waals surface area (Å²) < 4.78 is 28.3. The molecular weight excluding hydrogens is 340 g/mol. The van der Waals surface area contributed by atoms with Crippen LogP contribution >= 0.6 is 0 Å². The van der Waals surface area contributed by atoms with Crippen molar-refractivity contribution in [3.8, 4) is 0 Å². The van der Waals surface area contributed by atoms with Gasteiger partial charge in [0, 0.05) is 17.5 Å². The molecule has 7 heteroatoms. The number of carbonyl (C=O) groups is 1. The first-order valence-electron chi connectivity index (χ1n) is 8.53. The van der Waals surface area contributed by atoms with E-state index in [0.717, 1.165) is 12.0 Å². The second-order valence-electron chi connectivity index (χ2n) is 7.13. The first-order valence-corrected chi connectivity index (χ1v) is 10.4. The van der Waals surface area contributed by atoms with E-state index in [2.05, 4.69) is 10.6 Å². The Kier molecular flexibility index (Phi) is 7.89. The van der Waals surface area contributed by atoms with Gasteiger partial charge in [0.25, 0.3) is 0 Å². The summed E-state index contributed by atoms with van der Waals surface area (Å²) in [6.45, 7) is 9.68. The Balaban J connectivity index is 2.41. The average Bonchev–Trinajstić information content (AvgIpc) is 2.46. The van der Waals surface area contributed by atoms with Crippen LogP contribution in [0.1, 0.15) is 40.2 Å². The SMILES string of the molecule is CCS(=O)(=O)CC(C)NCCc1ccc(NC(=O)OC(C)(C)C)cc1. The molecule has 0 saturated heterocycles. The van der Waals surface area contributed by atoms with Crippen molar-refractivity contribution in [3.05, 3.63) is 29.8 Å². The number of rotatable bonds is 8. The van der Waals surface area contributed by atoms with Gasteiger partial charge in [-0.05, 0) is 58.4 Å². The number of benzene rings is 1. The van der Waals surface area contributed by atoms with Crippen LogP contribution in [0.4, 0.5) is 10.5 Å². The first-order chi connectivity index (χ1) is 11.5. The molecule has 1 atom stereocenters. The average molecular weight is 371 g/mol. The zero-order valence-electron chi connectivity index (χ0n) is 15.8. The molecule has 0 radical (unpaired) electrons. The number of hydrogen-bond donors (Lipinski definition) is 2. The number of carbonyl (C=O) groups excluding carboxylic acids is 1. The number of ether oxygens (including phenoxy) is 1. The molecule has 0 fully saturated rings. The Morgan fingerprint density at radius 2 is 1.80 bits per heavy atom. The molecule has 6 nitrogen and oxygen atoms in total. The standard InChI is InChI=1S/C18H30N2O4S/c1-6-25(22,23)13-14(2)19-12-11-15-7-9-16(10-8-15)20-17(21)24-18(3,4)5/h7-10,14,19H,6,11-13H2,1-5H3,(H,20,21). The van der Waals surface area contributed by atoms with Crippen LogP contribution in [0.25, 0.3) is 0 Å². The monoisotopic (exact) mass is 370 g/mol. The third-order valence-corrected chi connectivity index (χ3v) is 5.34. The molecule has 0 heterocycles. The number of hydrogen-bond acceptors (Lipinski definition) is 5. The van der Waals surface area contributed by atoms with Crippen LogP contribution in [-0.2, 0) is 21.0 Å². The smallest absolute Gasteiger partial charge is 0.412 e. The van der Waals surface area contributed by atoms with Crippen LogP contribution in [-0.4, -0.2) is 44.2 Å². The molecular formula is C18H30N2O4S. The van der Waals surface area contributed by atoms with Crippen molar-refractivity contribution < 1.29 is 17.9 Å². The third kappa shape index (κ3) is 9.45. The van der Waals surface area contributed by atoms with E-state index in [0.29, 0.717) is 12.2 Å². The highest BCUT2D eigenvalue weighted by Gasteiger charge is 2.16. The van der Waals surface area contributed by atoms with Crippen molar-refractivity contribution >= 4 is 21.6 Å². The van der Waals surface area contributed by atoms with E-state index in [4.69, 9.17) is 4.74 Å². The maximum atomic E-state index is 11.7. The fourth-order valence-corrected chi connectivity index (χ4v) is 3.31. The van der Waals surface area contributed by atoms with E-state index in [1.165, 1.54) is 0 Å². The summed E-state index contributed by atoms with van der Waals surface area (Å²) in [5.41, 5.74) is 1.25. The van der Waals surface area contributed by atoms with Crippen molar-refractivity contribution in [2.24, 2.45) is 0 Å². The molecule has 1 aromatic rings. The largest absolute Gasteiger partial charge is 0.444 e. The lowest BCUT2D eigenvalue weighted by Gasteiger charge is -2.19. The van der Waals surface area contributed by atoms with E-state index >= 15 is 0 Å². The maximum Gasteiger partial charge on any atom is 0.412 e. The second-order valence-corrected chi connectivity index (χ2v) is 9.53. The summed E-state index contributed by atoms with van der Waals surface area (Å²) in [4.78, 5) is 11.7. The van der Waals surface area contributed by atoms with Gasteiger partial charge in [0.1, 0.15) is 5.60 Å². The van der Waals surface area contributed by atoms with Crippen LogP contribution in [0, 0.1) is 0 Å². The van der Waals surface area contributed by atoms with Gasteiger partial charge in [0.05, 0.1) is 5.75 Å². The van der Waals surface area contributed by atoms with Crippen molar-refractivity contribution in [1.82, 2.24) is 5.32 Å². The number of anilines is 1. The molecule has 0 saturated carbocycles. The van der Waals surface area contributed by atoms with Gasteiger partial charge in [0.15, 0.2) is 9.84 Å². The van der Waals surface area contributed by atoms with Crippen LogP contribution in [0.2, 0.25) is 0 Å². The van der Waals surface area contributed by atoms with Gasteiger partial charge in [0.2, 0.25) is 0 Å². The van der Waals surface area contributed by atoms with Crippen LogP contribution < -0.4 is 10.6 Å². The lowest BCUT2D eigenvalue weighted by Crippen LogP contribution is -2.34. The molecule has 0 aliphatic rings. The molecule has 0 aliphatic carbocycles. The highest BCUT2D eigenvalue weighted by molar-refractivity contribution is 7.91. The van der Waals surface area contributed by atoms with Crippen molar-refractivity contribution in [2.45, 2.75) is 52.7 Å². The summed E-state index contributed by atoms with van der Waals surface area (Å²) in [5, 5.41) is 5.91. The topological polar surface area (TPSA) is 84.5 Å². The van der Waals surface area contributed by atoms with E-state index in [1.54, 1.807) is 6.92 Å². The summed E-state index contributed by atoms with van der Waals surface area (Å²) in [7, 11) is -2.96. The van der Waals surface area contributed by atoms with Crippen LogP contribution in [0.15, 0.2) is 24.3 Å². The van der Waals surface area contributed by atoms with Crippen LogP contribution in [0.5, 0.6) is 0 Å². The molecule has 0 aromatic heterocycles. The van der Waals surface area contributed by atoms with Gasteiger partial charge in [-0.25, -0.2) is 13.2 Å². The van der Waals surface area contributed by atoms with E-state index in [1.807, 2.05) is 52.0 Å². The molecule has 1 rings (SSSR count). The van der Waals surface area contributed by atoms with Gasteiger partial charge in [-0.15, -0.1) is 0 Å². The highest BCUT2D eigenvalue weighted by atomic mass is 32.2. The maximum absolute atomic E-state index is 11.7. The Labute approximate surface area is 151 Å². The predicted octanol–water partition coefficient (Wildman–Crippen LogP) is 2.99. The Bertz CT molecular complexity index is 649. The van der Waals surface area contributed by atoms with Gasteiger partial charge >= 0.3 is 6.09 Å². The number of amides is 1. The van der Waals surface area contributed by atoms with Crippen molar-refractivity contribution in [3.63, 3.8) is 0 Å². The predicted molar refractivity (Wildman–Crippen MR) is 102 cm³/mol. The van der Waals surface area contributed by atoms with Gasteiger partial charge in [-0.1, -0.05) is 19.1 Å². The molecule has 2 N–H and O–H groups in total. The summed E-state index contributed by atoms with van der Waals surface area (Å²) >= 11 is 0. The quantitative estimate of drug-likeness (QED) is 0.735. The van der Waals surface area contributed by atoms with Gasteiger partial charge in [-0.3, -0.25) is 5.32 Å². The second kappa shape index (κ2) is 9.20. The lowest BCUT2D eigenvalue weighted by molar-refractivity contribution is 0.0636. The van der Waals surface area contributed by atoms with Crippen molar-refractivity contribution in [2.75, 3.05) is 23.4 Å². The molecule has 0 spiro atoms. The van der Waals surface area contributed by atoms with E-state index in [9.17, 15) is 13.2 Å². The molecule has 1 aromatic carbocycles. The minimum Gasteiger partial charge on any atom is -0.444 e. The molecule has 142 valence electrons. The molecule has 0 bridgehead atoms. The number of nitrogens with one attached hydrogen (secondary N) is 2. The third-order valence-electron chi connectivity index (χ3n) is 3.45. The molecule has 1 unspecified atom stereocenters. The van der Waals surface area contributed by atoms with E-state index in [-0.39, 0.29) is 17.5 Å². The number of sulfone groups is 1.